The molecule has 0 radical (unpaired) electrons. The van der Waals surface area contributed by atoms with Gasteiger partial charge in [0.1, 0.15) is 0 Å². The second kappa shape index (κ2) is 8.05. The molecule has 1 saturated heterocycles. The quantitative estimate of drug-likeness (QED) is 0.485. The monoisotopic (exact) mass is 383 g/mol. The summed E-state index contributed by atoms with van der Waals surface area (Å²) in [7, 11) is 0. The molecule has 7 nitrogen and oxygen atoms in total. The Morgan fingerprint density at radius 3 is 2.52 bits per heavy atom. The SMILES string of the molecule is Cc1ccc(/C=C2/SC(=O)N(CCNC(=O)c3cc[n+]([O-])cc3)C2=O)cc1. The zero-order valence-corrected chi connectivity index (χ0v) is 15.4. The number of hydrogen-bond acceptors (Lipinski definition) is 5. The molecular weight excluding hydrogens is 366 g/mol. The van der Waals surface area contributed by atoms with Gasteiger partial charge in [0.25, 0.3) is 17.1 Å². The summed E-state index contributed by atoms with van der Waals surface area (Å²) in [6.45, 7) is 2.18. The third kappa shape index (κ3) is 4.53. The lowest BCUT2D eigenvalue weighted by Gasteiger charge is -2.12. The van der Waals surface area contributed by atoms with Crippen molar-refractivity contribution in [1.29, 1.82) is 0 Å². The third-order valence-electron chi connectivity index (χ3n) is 3.93. The summed E-state index contributed by atoms with van der Waals surface area (Å²) in [6, 6.07) is 10.4. The molecule has 1 aromatic heterocycles. The van der Waals surface area contributed by atoms with E-state index in [0.717, 1.165) is 27.8 Å². The van der Waals surface area contributed by atoms with Crippen molar-refractivity contribution in [1.82, 2.24) is 10.2 Å². The van der Waals surface area contributed by atoms with E-state index >= 15 is 0 Å². The summed E-state index contributed by atoms with van der Waals surface area (Å²) in [5.74, 6) is -0.746. The molecule has 2 aromatic rings. The van der Waals surface area contributed by atoms with Crippen LogP contribution in [-0.2, 0) is 4.79 Å². The highest BCUT2D eigenvalue weighted by Gasteiger charge is 2.34. The highest BCUT2D eigenvalue weighted by Crippen LogP contribution is 2.31. The van der Waals surface area contributed by atoms with Gasteiger partial charge in [-0.15, -0.1) is 0 Å². The first-order valence-corrected chi connectivity index (χ1v) is 9.05. The van der Waals surface area contributed by atoms with Crippen molar-refractivity contribution in [3.8, 4) is 0 Å². The molecule has 0 unspecified atom stereocenters. The highest BCUT2D eigenvalue weighted by atomic mass is 32.2. The minimum Gasteiger partial charge on any atom is -0.619 e. The molecule has 0 bridgehead atoms. The molecule has 1 N–H and O–H groups in total. The predicted molar refractivity (Wildman–Crippen MR) is 102 cm³/mol. The molecule has 0 aliphatic carbocycles. The lowest BCUT2D eigenvalue weighted by Crippen LogP contribution is -2.37. The number of rotatable bonds is 5. The zero-order valence-electron chi connectivity index (χ0n) is 14.5. The number of amides is 3. The highest BCUT2D eigenvalue weighted by molar-refractivity contribution is 8.18. The van der Waals surface area contributed by atoms with Crippen molar-refractivity contribution in [2.45, 2.75) is 6.92 Å². The van der Waals surface area contributed by atoms with Crippen LogP contribution in [0.4, 0.5) is 4.79 Å². The molecular formula is C19H17N3O4S. The van der Waals surface area contributed by atoms with E-state index in [1.54, 1.807) is 6.08 Å². The zero-order chi connectivity index (χ0) is 19.4. The van der Waals surface area contributed by atoms with Gasteiger partial charge in [-0.2, -0.15) is 4.73 Å². The number of thioether (sulfide) groups is 1. The van der Waals surface area contributed by atoms with E-state index in [1.807, 2.05) is 31.2 Å². The van der Waals surface area contributed by atoms with Gasteiger partial charge in [0.2, 0.25) is 0 Å². The first-order chi connectivity index (χ1) is 12.9. The van der Waals surface area contributed by atoms with Gasteiger partial charge < -0.3 is 10.5 Å². The minimum absolute atomic E-state index is 0.0794. The normalized spacial score (nSPS) is 15.4. The smallest absolute Gasteiger partial charge is 0.293 e. The fraction of sp³-hybridized carbons (Fsp3) is 0.158. The van der Waals surface area contributed by atoms with Crippen molar-refractivity contribution in [3.05, 3.63) is 75.6 Å². The van der Waals surface area contributed by atoms with Crippen molar-refractivity contribution in [2.24, 2.45) is 0 Å². The van der Waals surface area contributed by atoms with Crippen LogP contribution in [0.25, 0.3) is 6.08 Å². The van der Waals surface area contributed by atoms with E-state index in [2.05, 4.69) is 5.32 Å². The molecule has 138 valence electrons. The maximum Gasteiger partial charge on any atom is 0.293 e. The van der Waals surface area contributed by atoms with Crippen molar-refractivity contribution in [3.63, 3.8) is 0 Å². The maximum atomic E-state index is 12.4. The average molecular weight is 383 g/mol. The Labute approximate surface area is 160 Å². The molecule has 1 aliphatic heterocycles. The Kier molecular flexibility index (Phi) is 5.56. The number of carbonyl (C=O) groups is 3. The average Bonchev–Trinajstić information content (AvgIpc) is 2.91. The number of pyridine rings is 1. The number of aryl methyl sites for hydroxylation is 1. The van der Waals surface area contributed by atoms with Gasteiger partial charge in [-0.25, -0.2) is 0 Å². The Hall–Kier alpha value is -3.13. The Bertz CT molecular complexity index is 908. The lowest BCUT2D eigenvalue weighted by atomic mass is 10.1. The molecule has 3 amide bonds. The van der Waals surface area contributed by atoms with Crippen LogP contribution in [0.5, 0.6) is 0 Å². The molecule has 0 spiro atoms. The molecule has 3 rings (SSSR count). The minimum atomic E-state index is -0.377. The number of nitrogens with zero attached hydrogens (tertiary/aromatic N) is 2. The Morgan fingerprint density at radius 1 is 1.19 bits per heavy atom. The number of carbonyl (C=O) groups excluding carboxylic acids is 3. The van der Waals surface area contributed by atoms with Crippen molar-refractivity contribution >= 4 is 34.9 Å². The third-order valence-corrected chi connectivity index (χ3v) is 4.84. The van der Waals surface area contributed by atoms with Gasteiger partial charge >= 0.3 is 0 Å². The Balaban J connectivity index is 1.58. The molecule has 0 saturated carbocycles. The van der Waals surface area contributed by atoms with Crippen LogP contribution in [-0.4, -0.2) is 35.0 Å². The molecule has 1 aliphatic rings. The van der Waals surface area contributed by atoms with E-state index in [1.165, 1.54) is 24.5 Å². The van der Waals surface area contributed by atoms with E-state index in [0.29, 0.717) is 15.2 Å². The lowest BCUT2D eigenvalue weighted by molar-refractivity contribution is -0.605. The van der Waals surface area contributed by atoms with Gasteiger partial charge in [-0.05, 0) is 30.3 Å². The van der Waals surface area contributed by atoms with Crippen LogP contribution in [0.3, 0.4) is 0 Å². The molecule has 27 heavy (non-hydrogen) atoms. The summed E-state index contributed by atoms with van der Waals surface area (Å²) < 4.78 is 0.581. The number of nitrogens with one attached hydrogen (secondary N) is 1. The van der Waals surface area contributed by atoms with Gasteiger partial charge in [0.15, 0.2) is 12.4 Å². The Morgan fingerprint density at radius 2 is 1.85 bits per heavy atom. The fourth-order valence-electron chi connectivity index (χ4n) is 2.45. The largest absolute Gasteiger partial charge is 0.619 e. The van der Waals surface area contributed by atoms with Crippen LogP contribution >= 0.6 is 11.8 Å². The van der Waals surface area contributed by atoms with E-state index < -0.39 is 0 Å². The summed E-state index contributed by atoms with van der Waals surface area (Å²) in [5, 5.41) is 13.2. The van der Waals surface area contributed by atoms with Gasteiger partial charge in [0.05, 0.1) is 10.5 Å². The van der Waals surface area contributed by atoms with E-state index in [4.69, 9.17) is 0 Å². The summed E-state index contributed by atoms with van der Waals surface area (Å²) in [4.78, 5) is 38.0. The number of benzene rings is 1. The van der Waals surface area contributed by atoms with Crippen molar-refractivity contribution < 1.29 is 19.1 Å². The van der Waals surface area contributed by atoms with E-state index in [-0.39, 0.29) is 30.1 Å². The standard InChI is InChI=1S/C19H17N3O4S/c1-13-2-4-14(5-3-13)12-16-18(24)22(19(25)27-16)11-8-20-17(23)15-6-9-21(26)10-7-15/h2-7,9-10,12H,8,11H2,1H3,(H,20,23)/b16-12+. The summed E-state index contributed by atoms with van der Waals surface area (Å²) in [6.07, 6.45) is 4.13. The van der Waals surface area contributed by atoms with Crippen molar-refractivity contribution in [2.75, 3.05) is 13.1 Å². The predicted octanol–water partition coefficient (Wildman–Crippen LogP) is 2.09. The number of hydrogen-bond donors (Lipinski definition) is 1. The molecule has 1 fully saturated rings. The van der Waals surface area contributed by atoms with Crippen LogP contribution in [0, 0.1) is 12.1 Å². The summed E-state index contributed by atoms with van der Waals surface area (Å²) >= 11 is 0.886. The molecule has 8 heteroatoms. The molecule has 1 aromatic carbocycles. The number of imide groups is 1. The first kappa shape index (κ1) is 18.7. The van der Waals surface area contributed by atoms with E-state index in [9.17, 15) is 19.6 Å². The fourth-order valence-corrected chi connectivity index (χ4v) is 3.32. The molecule has 2 heterocycles. The van der Waals surface area contributed by atoms with Gasteiger partial charge in [-0.1, -0.05) is 29.8 Å². The molecule has 0 atom stereocenters. The second-order valence-corrected chi connectivity index (χ2v) is 6.94. The van der Waals surface area contributed by atoms with Crippen LogP contribution in [0.15, 0.2) is 53.7 Å². The van der Waals surface area contributed by atoms with Crippen LogP contribution < -0.4 is 10.0 Å². The van der Waals surface area contributed by atoms with Gasteiger partial charge in [-0.3, -0.25) is 19.3 Å². The second-order valence-electron chi connectivity index (χ2n) is 5.95. The number of aromatic nitrogens is 1. The topological polar surface area (TPSA) is 93.4 Å². The van der Waals surface area contributed by atoms with Crippen LogP contribution in [0.1, 0.15) is 21.5 Å². The van der Waals surface area contributed by atoms with Gasteiger partial charge in [0, 0.05) is 25.2 Å². The maximum absolute atomic E-state index is 12.4. The summed E-state index contributed by atoms with van der Waals surface area (Å²) in [5.41, 5.74) is 2.29. The first-order valence-electron chi connectivity index (χ1n) is 8.23. The van der Waals surface area contributed by atoms with Crippen LogP contribution in [0.2, 0.25) is 0 Å².